The topological polar surface area (TPSA) is 56.8 Å². The molecule has 33 heavy (non-hydrogen) atoms. The van der Waals surface area contributed by atoms with E-state index in [1.165, 1.54) is 0 Å². The lowest BCUT2D eigenvalue weighted by Crippen LogP contribution is -2.14. The predicted molar refractivity (Wildman–Crippen MR) is 132 cm³/mol. The molecule has 1 N–H and O–H groups in total. The van der Waals surface area contributed by atoms with Crippen LogP contribution in [0.3, 0.4) is 0 Å². The number of carbonyl (C=O) groups excluding carboxylic acids is 1. The SMILES string of the molecule is CCOc1ccc(C(=O)Nc2cc(C)ccc2OC)cc1COc1ccc2ccccc2c1. The van der Waals surface area contributed by atoms with Gasteiger partial charge < -0.3 is 19.5 Å². The van der Waals surface area contributed by atoms with Crippen LogP contribution in [-0.4, -0.2) is 19.6 Å². The summed E-state index contributed by atoms with van der Waals surface area (Å²) in [5, 5.41) is 5.21. The van der Waals surface area contributed by atoms with Crippen molar-refractivity contribution in [3.63, 3.8) is 0 Å². The number of anilines is 1. The second kappa shape index (κ2) is 10.1. The summed E-state index contributed by atoms with van der Waals surface area (Å²) >= 11 is 0. The van der Waals surface area contributed by atoms with E-state index in [0.29, 0.717) is 29.4 Å². The van der Waals surface area contributed by atoms with Crippen molar-refractivity contribution in [1.82, 2.24) is 0 Å². The first-order valence-electron chi connectivity index (χ1n) is 10.9. The molecule has 5 nitrogen and oxygen atoms in total. The number of benzene rings is 4. The smallest absolute Gasteiger partial charge is 0.255 e. The maximum atomic E-state index is 13.0. The van der Waals surface area contributed by atoms with Gasteiger partial charge in [-0.25, -0.2) is 0 Å². The minimum absolute atomic E-state index is 0.228. The first kappa shape index (κ1) is 22.2. The van der Waals surface area contributed by atoms with E-state index < -0.39 is 0 Å². The first-order chi connectivity index (χ1) is 16.1. The van der Waals surface area contributed by atoms with E-state index in [2.05, 4.69) is 17.4 Å². The zero-order valence-corrected chi connectivity index (χ0v) is 19.1. The van der Waals surface area contributed by atoms with Crippen molar-refractivity contribution in [3.8, 4) is 17.2 Å². The normalized spacial score (nSPS) is 10.6. The summed E-state index contributed by atoms with van der Waals surface area (Å²) in [6.45, 7) is 4.70. The molecule has 0 radical (unpaired) electrons. The van der Waals surface area contributed by atoms with Gasteiger partial charge in [-0.2, -0.15) is 0 Å². The number of nitrogens with one attached hydrogen (secondary N) is 1. The van der Waals surface area contributed by atoms with Gasteiger partial charge in [-0.05, 0) is 72.6 Å². The molecular formula is C28H27NO4. The third-order valence-corrected chi connectivity index (χ3v) is 5.34. The Morgan fingerprint density at radius 2 is 1.64 bits per heavy atom. The van der Waals surface area contributed by atoms with E-state index in [4.69, 9.17) is 14.2 Å². The molecule has 0 atom stereocenters. The van der Waals surface area contributed by atoms with Crippen LogP contribution in [0.5, 0.6) is 17.2 Å². The van der Waals surface area contributed by atoms with Crippen LogP contribution in [0.1, 0.15) is 28.4 Å². The summed E-state index contributed by atoms with van der Waals surface area (Å²) in [4.78, 5) is 13.0. The van der Waals surface area contributed by atoms with Gasteiger partial charge in [0.1, 0.15) is 23.9 Å². The van der Waals surface area contributed by atoms with E-state index in [1.54, 1.807) is 13.2 Å². The molecule has 5 heteroatoms. The Labute approximate surface area is 193 Å². The molecule has 0 aliphatic heterocycles. The Balaban J connectivity index is 1.55. The molecule has 4 aromatic rings. The Bertz CT molecular complexity index is 1280. The lowest BCUT2D eigenvalue weighted by molar-refractivity contribution is 0.102. The molecule has 0 spiro atoms. The third kappa shape index (κ3) is 5.26. The summed E-state index contributed by atoms with van der Waals surface area (Å²) in [6.07, 6.45) is 0. The molecule has 0 bridgehead atoms. The van der Waals surface area contributed by atoms with Crippen molar-refractivity contribution in [3.05, 3.63) is 95.6 Å². The molecule has 168 valence electrons. The predicted octanol–water partition coefficient (Wildman–Crippen LogP) is 6.39. The molecule has 4 aromatic carbocycles. The summed E-state index contributed by atoms with van der Waals surface area (Å²) < 4.78 is 17.2. The van der Waals surface area contributed by atoms with Crippen LogP contribution in [-0.2, 0) is 6.61 Å². The summed E-state index contributed by atoms with van der Waals surface area (Å²) in [5.41, 5.74) is 2.97. The highest BCUT2D eigenvalue weighted by Crippen LogP contribution is 2.28. The van der Waals surface area contributed by atoms with Crippen molar-refractivity contribution >= 4 is 22.4 Å². The van der Waals surface area contributed by atoms with Crippen LogP contribution in [0.4, 0.5) is 5.69 Å². The second-order valence-electron chi connectivity index (χ2n) is 7.71. The summed E-state index contributed by atoms with van der Waals surface area (Å²) in [5.74, 6) is 1.84. The van der Waals surface area contributed by atoms with Crippen LogP contribution in [0.2, 0.25) is 0 Å². The Hall–Kier alpha value is -3.99. The van der Waals surface area contributed by atoms with Crippen molar-refractivity contribution in [2.75, 3.05) is 19.0 Å². The number of carbonyl (C=O) groups is 1. The van der Waals surface area contributed by atoms with Crippen LogP contribution in [0.25, 0.3) is 10.8 Å². The molecule has 0 fully saturated rings. The van der Waals surface area contributed by atoms with Gasteiger partial charge in [0.15, 0.2) is 0 Å². The number of fused-ring (bicyclic) bond motifs is 1. The van der Waals surface area contributed by atoms with Crippen LogP contribution in [0, 0.1) is 6.92 Å². The molecule has 0 unspecified atom stereocenters. The number of methoxy groups -OCH3 is 1. The second-order valence-corrected chi connectivity index (χ2v) is 7.71. The van der Waals surface area contributed by atoms with Crippen LogP contribution < -0.4 is 19.5 Å². The maximum absolute atomic E-state index is 13.0. The Morgan fingerprint density at radius 3 is 2.42 bits per heavy atom. The number of ether oxygens (including phenoxy) is 3. The Morgan fingerprint density at radius 1 is 0.848 bits per heavy atom. The highest BCUT2D eigenvalue weighted by molar-refractivity contribution is 6.05. The van der Waals surface area contributed by atoms with E-state index >= 15 is 0 Å². The average molecular weight is 442 g/mol. The number of rotatable bonds is 8. The fourth-order valence-corrected chi connectivity index (χ4v) is 3.66. The molecule has 4 rings (SSSR count). The Kier molecular flexibility index (Phi) is 6.79. The van der Waals surface area contributed by atoms with Crippen LogP contribution in [0.15, 0.2) is 78.9 Å². The first-order valence-corrected chi connectivity index (χ1v) is 10.9. The standard InChI is InChI=1S/C28H27NO4/c1-4-32-26-14-11-22(28(30)29-25-15-19(2)9-13-27(25)31-3)16-23(26)18-33-24-12-10-20-7-5-6-8-21(20)17-24/h5-17H,4,18H2,1-3H3,(H,29,30). The summed E-state index contributed by atoms with van der Waals surface area (Å²) in [6, 6.07) is 25.2. The van der Waals surface area contributed by atoms with Crippen molar-refractivity contribution in [2.24, 2.45) is 0 Å². The molecule has 1 amide bonds. The molecule has 0 aliphatic rings. The summed E-state index contributed by atoms with van der Waals surface area (Å²) in [7, 11) is 1.58. The van der Waals surface area contributed by atoms with Crippen molar-refractivity contribution < 1.29 is 19.0 Å². The highest BCUT2D eigenvalue weighted by Gasteiger charge is 2.14. The van der Waals surface area contributed by atoms with Gasteiger partial charge in [0.05, 0.1) is 19.4 Å². The number of hydrogen-bond acceptors (Lipinski definition) is 4. The highest BCUT2D eigenvalue weighted by atomic mass is 16.5. The van der Waals surface area contributed by atoms with Gasteiger partial charge in [0.2, 0.25) is 0 Å². The molecular weight excluding hydrogens is 414 g/mol. The van der Waals surface area contributed by atoms with E-state index in [1.807, 2.05) is 74.5 Å². The van der Waals surface area contributed by atoms with Gasteiger partial charge in [0.25, 0.3) is 5.91 Å². The van der Waals surface area contributed by atoms with Crippen molar-refractivity contribution in [1.29, 1.82) is 0 Å². The minimum atomic E-state index is -0.228. The molecule has 0 heterocycles. The quantitative estimate of drug-likeness (QED) is 0.344. The zero-order chi connectivity index (χ0) is 23.2. The largest absolute Gasteiger partial charge is 0.495 e. The molecule has 0 saturated carbocycles. The lowest BCUT2D eigenvalue weighted by atomic mass is 10.1. The fourth-order valence-electron chi connectivity index (χ4n) is 3.66. The van der Waals surface area contributed by atoms with Crippen molar-refractivity contribution in [2.45, 2.75) is 20.5 Å². The lowest BCUT2D eigenvalue weighted by Gasteiger charge is -2.15. The minimum Gasteiger partial charge on any atom is -0.495 e. The molecule has 0 aliphatic carbocycles. The molecule has 0 saturated heterocycles. The van der Waals surface area contributed by atoms with Gasteiger partial charge in [-0.3, -0.25) is 4.79 Å². The average Bonchev–Trinajstić information content (AvgIpc) is 2.83. The number of hydrogen-bond donors (Lipinski definition) is 1. The van der Waals surface area contributed by atoms with Gasteiger partial charge >= 0.3 is 0 Å². The van der Waals surface area contributed by atoms with E-state index in [-0.39, 0.29) is 12.5 Å². The zero-order valence-electron chi connectivity index (χ0n) is 19.1. The van der Waals surface area contributed by atoms with Gasteiger partial charge in [0, 0.05) is 11.1 Å². The van der Waals surface area contributed by atoms with Gasteiger partial charge in [-0.15, -0.1) is 0 Å². The third-order valence-electron chi connectivity index (χ3n) is 5.34. The number of amides is 1. The fraction of sp³-hybridized carbons (Fsp3) is 0.179. The van der Waals surface area contributed by atoms with E-state index in [9.17, 15) is 4.79 Å². The maximum Gasteiger partial charge on any atom is 0.255 e. The van der Waals surface area contributed by atoms with Crippen LogP contribution >= 0.6 is 0 Å². The monoisotopic (exact) mass is 441 g/mol. The number of aryl methyl sites for hydroxylation is 1. The van der Waals surface area contributed by atoms with E-state index in [0.717, 1.165) is 27.6 Å². The molecule has 0 aromatic heterocycles. The van der Waals surface area contributed by atoms with Gasteiger partial charge in [-0.1, -0.05) is 36.4 Å².